The van der Waals surface area contributed by atoms with E-state index >= 15 is 0 Å². The molecule has 0 bridgehead atoms. The lowest BCUT2D eigenvalue weighted by atomic mass is 9.95. The second kappa shape index (κ2) is 3.26. The molecular formula is C7H7BBrFO. The SMILES string of the molecule is Bc1cc(F)c(Br)cc1OC. The van der Waals surface area contributed by atoms with Crippen LogP contribution in [-0.4, -0.2) is 15.0 Å². The molecule has 0 aromatic heterocycles. The molecule has 1 aromatic carbocycles. The minimum Gasteiger partial charge on any atom is -0.497 e. The molecule has 0 saturated carbocycles. The van der Waals surface area contributed by atoms with Crippen LogP contribution in [0.1, 0.15) is 0 Å². The summed E-state index contributed by atoms with van der Waals surface area (Å²) in [6.07, 6.45) is 0. The molecule has 58 valence electrons. The molecule has 0 spiro atoms. The van der Waals surface area contributed by atoms with Gasteiger partial charge < -0.3 is 4.74 Å². The second-order valence-electron chi connectivity index (χ2n) is 2.24. The van der Waals surface area contributed by atoms with Crippen LogP contribution in [0.4, 0.5) is 4.39 Å². The zero-order valence-electron chi connectivity index (χ0n) is 6.32. The Hall–Kier alpha value is -0.505. The van der Waals surface area contributed by atoms with Crippen LogP contribution in [0.3, 0.4) is 0 Å². The summed E-state index contributed by atoms with van der Waals surface area (Å²) in [5.41, 5.74) is 0.799. The predicted octanol–water partition coefficient (Wildman–Crippen LogP) is 0.855. The fraction of sp³-hybridized carbons (Fsp3) is 0.143. The van der Waals surface area contributed by atoms with Gasteiger partial charge in [-0.05, 0) is 33.5 Å². The average Bonchev–Trinajstić information content (AvgIpc) is 1.97. The number of halogens is 2. The Morgan fingerprint density at radius 2 is 2.18 bits per heavy atom. The van der Waals surface area contributed by atoms with Crippen molar-refractivity contribution in [1.82, 2.24) is 0 Å². The first-order valence-electron chi connectivity index (χ1n) is 3.15. The first-order valence-corrected chi connectivity index (χ1v) is 3.94. The lowest BCUT2D eigenvalue weighted by Gasteiger charge is -2.04. The summed E-state index contributed by atoms with van der Waals surface area (Å²) >= 11 is 3.07. The Kier molecular flexibility index (Phi) is 2.55. The van der Waals surface area contributed by atoms with Crippen LogP contribution in [0.5, 0.6) is 5.75 Å². The molecule has 1 nitrogen and oxygen atoms in total. The summed E-state index contributed by atoms with van der Waals surface area (Å²) < 4.78 is 18.2. The Morgan fingerprint density at radius 1 is 1.55 bits per heavy atom. The second-order valence-corrected chi connectivity index (χ2v) is 3.09. The highest BCUT2D eigenvalue weighted by Crippen LogP contribution is 2.18. The number of rotatable bonds is 1. The molecule has 11 heavy (non-hydrogen) atoms. The van der Waals surface area contributed by atoms with E-state index in [9.17, 15) is 4.39 Å². The number of ether oxygens (including phenoxy) is 1. The third-order valence-electron chi connectivity index (χ3n) is 1.44. The molecule has 0 saturated heterocycles. The van der Waals surface area contributed by atoms with Crippen molar-refractivity contribution >= 4 is 29.2 Å². The van der Waals surface area contributed by atoms with Crippen molar-refractivity contribution < 1.29 is 9.13 Å². The van der Waals surface area contributed by atoms with Gasteiger partial charge in [0.05, 0.1) is 11.6 Å². The predicted molar refractivity (Wildman–Crippen MR) is 48.8 cm³/mol. The fourth-order valence-electron chi connectivity index (χ4n) is 0.848. The van der Waals surface area contributed by atoms with Crippen molar-refractivity contribution in [2.75, 3.05) is 7.11 Å². The summed E-state index contributed by atoms with van der Waals surface area (Å²) in [5.74, 6) is 0.432. The van der Waals surface area contributed by atoms with Crippen LogP contribution in [0.2, 0.25) is 0 Å². The van der Waals surface area contributed by atoms with Gasteiger partial charge >= 0.3 is 0 Å². The molecule has 1 rings (SSSR count). The maximum Gasteiger partial charge on any atom is 0.144 e. The van der Waals surface area contributed by atoms with E-state index in [0.717, 1.165) is 5.46 Å². The standard InChI is InChI=1S/C7H7BBrFO/c1-11-7-3-5(9)6(10)2-4(7)8/h2-3H,8H2,1H3. The van der Waals surface area contributed by atoms with Gasteiger partial charge in [-0.2, -0.15) is 0 Å². The summed E-state index contributed by atoms with van der Waals surface area (Å²) in [5, 5.41) is 0. The Balaban J connectivity index is 3.21. The minimum absolute atomic E-state index is 0.261. The molecule has 1 aromatic rings. The average molecular weight is 217 g/mol. The number of methoxy groups -OCH3 is 1. The highest BCUT2D eigenvalue weighted by Gasteiger charge is 2.03. The van der Waals surface area contributed by atoms with Crippen LogP contribution in [0, 0.1) is 5.82 Å². The van der Waals surface area contributed by atoms with Crippen LogP contribution in [0.15, 0.2) is 16.6 Å². The van der Waals surface area contributed by atoms with Crippen LogP contribution in [0.25, 0.3) is 0 Å². The first kappa shape index (κ1) is 8.59. The molecular weight excluding hydrogens is 210 g/mol. The van der Waals surface area contributed by atoms with Crippen molar-refractivity contribution in [2.45, 2.75) is 0 Å². The van der Waals surface area contributed by atoms with E-state index in [-0.39, 0.29) is 5.82 Å². The lowest BCUT2D eigenvalue weighted by Crippen LogP contribution is -2.07. The summed E-state index contributed by atoms with van der Waals surface area (Å²) in [4.78, 5) is 0. The number of benzene rings is 1. The lowest BCUT2D eigenvalue weighted by molar-refractivity contribution is 0.417. The van der Waals surface area contributed by atoms with E-state index in [1.807, 2.05) is 0 Å². The van der Waals surface area contributed by atoms with Gasteiger partial charge in [-0.1, -0.05) is 0 Å². The van der Waals surface area contributed by atoms with Crippen molar-refractivity contribution in [1.29, 1.82) is 0 Å². The van der Waals surface area contributed by atoms with Crippen molar-refractivity contribution in [3.63, 3.8) is 0 Å². The molecule has 0 aliphatic rings. The van der Waals surface area contributed by atoms with Gasteiger partial charge in [0, 0.05) is 0 Å². The number of hydrogen-bond acceptors (Lipinski definition) is 1. The molecule has 0 radical (unpaired) electrons. The van der Waals surface area contributed by atoms with Gasteiger partial charge in [-0.3, -0.25) is 0 Å². The molecule has 0 heterocycles. The van der Waals surface area contributed by atoms with E-state index < -0.39 is 0 Å². The van der Waals surface area contributed by atoms with Crippen molar-refractivity contribution in [3.8, 4) is 5.75 Å². The summed E-state index contributed by atoms with van der Waals surface area (Å²) in [7, 11) is 3.36. The number of hydrogen-bond donors (Lipinski definition) is 0. The largest absolute Gasteiger partial charge is 0.497 e. The molecule has 0 aliphatic heterocycles. The smallest absolute Gasteiger partial charge is 0.144 e. The maximum absolute atomic E-state index is 12.8. The molecule has 0 atom stereocenters. The van der Waals surface area contributed by atoms with E-state index in [1.165, 1.54) is 6.07 Å². The van der Waals surface area contributed by atoms with Crippen LogP contribution < -0.4 is 10.2 Å². The Morgan fingerprint density at radius 3 is 2.73 bits per heavy atom. The summed E-state index contributed by atoms with van der Waals surface area (Å²) in [6.45, 7) is 0. The van der Waals surface area contributed by atoms with Gasteiger partial charge in [-0.25, -0.2) is 4.39 Å². The topological polar surface area (TPSA) is 9.23 Å². The monoisotopic (exact) mass is 216 g/mol. The van der Waals surface area contributed by atoms with Crippen LogP contribution in [-0.2, 0) is 0 Å². The van der Waals surface area contributed by atoms with Gasteiger partial charge in [-0.15, -0.1) is 0 Å². The molecule has 0 unspecified atom stereocenters. The Bertz CT molecular complexity index is 277. The van der Waals surface area contributed by atoms with Gasteiger partial charge in [0.15, 0.2) is 0 Å². The van der Waals surface area contributed by atoms with Crippen molar-refractivity contribution in [2.24, 2.45) is 0 Å². The molecule has 0 amide bonds. The zero-order chi connectivity index (χ0) is 8.43. The normalized spacial score (nSPS) is 9.73. The maximum atomic E-state index is 12.8. The third kappa shape index (κ3) is 1.74. The van der Waals surface area contributed by atoms with Crippen LogP contribution >= 0.6 is 15.9 Å². The zero-order valence-corrected chi connectivity index (χ0v) is 7.90. The molecule has 0 N–H and O–H groups in total. The van der Waals surface area contributed by atoms with E-state index in [2.05, 4.69) is 15.9 Å². The summed E-state index contributed by atoms with van der Waals surface area (Å²) in [6, 6.07) is 3.05. The van der Waals surface area contributed by atoms with Gasteiger partial charge in [0.1, 0.15) is 19.4 Å². The van der Waals surface area contributed by atoms with Gasteiger partial charge in [0.2, 0.25) is 0 Å². The first-order chi connectivity index (χ1) is 5.15. The van der Waals surface area contributed by atoms with Crippen molar-refractivity contribution in [3.05, 3.63) is 22.4 Å². The van der Waals surface area contributed by atoms with E-state index in [4.69, 9.17) is 4.74 Å². The molecule has 4 heteroatoms. The fourth-order valence-corrected chi connectivity index (χ4v) is 1.17. The molecule has 0 fully saturated rings. The third-order valence-corrected chi connectivity index (χ3v) is 2.05. The van der Waals surface area contributed by atoms with E-state index in [0.29, 0.717) is 10.2 Å². The highest BCUT2D eigenvalue weighted by molar-refractivity contribution is 9.10. The van der Waals surface area contributed by atoms with Gasteiger partial charge in [0.25, 0.3) is 0 Å². The molecule has 0 aliphatic carbocycles. The quantitative estimate of drug-likeness (QED) is 0.633. The highest BCUT2D eigenvalue weighted by atomic mass is 79.9. The Labute approximate surface area is 74.1 Å². The minimum atomic E-state index is -0.261. The van der Waals surface area contributed by atoms with E-state index in [1.54, 1.807) is 21.0 Å².